The first-order valence-electron chi connectivity index (χ1n) is 6.80. The van der Waals surface area contributed by atoms with Crippen molar-refractivity contribution >= 4 is 17.3 Å². The van der Waals surface area contributed by atoms with Crippen LogP contribution in [0, 0.1) is 12.7 Å². The molecule has 5 nitrogen and oxygen atoms in total. The van der Waals surface area contributed by atoms with E-state index in [9.17, 15) is 4.39 Å². The molecule has 2 N–H and O–H groups in total. The number of aliphatic imine (C=N–C) groups is 1. The summed E-state index contributed by atoms with van der Waals surface area (Å²) in [4.78, 5) is 9.59. The van der Waals surface area contributed by atoms with Crippen LogP contribution in [0.2, 0.25) is 0 Å². The fourth-order valence-corrected chi connectivity index (χ4v) is 2.60. The molecule has 0 spiro atoms. The number of benzene rings is 1. The van der Waals surface area contributed by atoms with Gasteiger partial charge in [-0.15, -0.1) is 11.3 Å². The smallest absolute Gasteiger partial charge is 0.191 e. The van der Waals surface area contributed by atoms with E-state index in [0.717, 1.165) is 10.6 Å². The third kappa shape index (κ3) is 4.42. The van der Waals surface area contributed by atoms with Gasteiger partial charge >= 0.3 is 0 Å². The third-order valence-corrected chi connectivity index (χ3v) is 3.89. The van der Waals surface area contributed by atoms with Crippen LogP contribution in [0.25, 0.3) is 0 Å². The topological polar surface area (TPSA) is 58.5 Å². The van der Waals surface area contributed by atoms with Crippen LogP contribution >= 0.6 is 11.3 Å². The summed E-state index contributed by atoms with van der Waals surface area (Å²) in [6.45, 7) is 3.10. The molecular formula is C15H19FN4OS. The molecule has 0 saturated heterocycles. The normalized spacial score (nSPS) is 11.4. The molecule has 7 heteroatoms. The fraction of sp³-hybridized carbons (Fsp3) is 0.333. The summed E-state index contributed by atoms with van der Waals surface area (Å²) in [5, 5.41) is 7.31. The van der Waals surface area contributed by atoms with Gasteiger partial charge in [-0.05, 0) is 24.6 Å². The zero-order valence-corrected chi connectivity index (χ0v) is 13.6. The number of hydrogen-bond donors (Lipinski definition) is 2. The van der Waals surface area contributed by atoms with Crippen molar-refractivity contribution in [1.29, 1.82) is 0 Å². The molecular weight excluding hydrogens is 303 g/mol. The average molecular weight is 322 g/mol. The van der Waals surface area contributed by atoms with Crippen LogP contribution in [0.5, 0.6) is 5.75 Å². The number of rotatable bonds is 5. The Hall–Kier alpha value is -2.15. The molecule has 0 amide bonds. The SMILES string of the molecule is CN=C(NCc1ccc(OC)c(F)c1)NCc1ncc(C)s1. The number of nitrogens with zero attached hydrogens (tertiary/aromatic N) is 2. The Morgan fingerprint density at radius 2 is 2.14 bits per heavy atom. The molecule has 2 rings (SSSR count). The average Bonchev–Trinajstić information content (AvgIpc) is 2.93. The quantitative estimate of drug-likeness (QED) is 0.656. The molecule has 0 saturated carbocycles. The molecule has 0 aliphatic heterocycles. The Balaban J connectivity index is 1.87. The predicted octanol–water partition coefficient (Wildman–Crippen LogP) is 2.46. The van der Waals surface area contributed by atoms with E-state index in [1.165, 1.54) is 18.1 Å². The lowest BCUT2D eigenvalue weighted by atomic mass is 10.2. The van der Waals surface area contributed by atoms with Crippen LogP contribution in [0.3, 0.4) is 0 Å². The number of thiazole rings is 1. The molecule has 118 valence electrons. The Morgan fingerprint density at radius 3 is 2.73 bits per heavy atom. The van der Waals surface area contributed by atoms with Crippen molar-refractivity contribution in [2.24, 2.45) is 4.99 Å². The van der Waals surface area contributed by atoms with Gasteiger partial charge in [0, 0.05) is 24.7 Å². The molecule has 1 aromatic heterocycles. The molecule has 2 aromatic rings. The summed E-state index contributed by atoms with van der Waals surface area (Å²) >= 11 is 1.64. The summed E-state index contributed by atoms with van der Waals surface area (Å²) in [6.07, 6.45) is 1.85. The number of aromatic nitrogens is 1. The van der Waals surface area contributed by atoms with E-state index in [4.69, 9.17) is 4.74 Å². The molecule has 0 fully saturated rings. The Kier molecular flexibility index (Phi) is 5.71. The van der Waals surface area contributed by atoms with Crippen LogP contribution < -0.4 is 15.4 Å². The third-order valence-electron chi connectivity index (χ3n) is 2.98. The molecule has 0 aliphatic rings. The number of hydrogen-bond acceptors (Lipinski definition) is 4. The van der Waals surface area contributed by atoms with Gasteiger partial charge in [-0.1, -0.05) is 6.07 Å². The summed E-state index contributed by atoms with van der Waals surface area (Å²) in [7, 11) is 3.14. The van der Waals surface area contributed by atoms with E-state index in [-0.39, 0.29) is 11.6 Å². The van der Waals surface area contributed by atoms with Gasteiger partial charge in [0.1, 0.15) is 5.01 Å². The molecule has 1 heterocycles. The van der Waals surface area contributed by atoms with Gasteiger partial charge in [0.05, 0.1) is 13.7 Å². The highest BCUT2D eigenvalue weighted by atomic mass is 32.1. The highest BCUT2D eigenvalue weighted by Gasteiger charge is 2.05. The summed E-state index contributed by atoms with van der Waals surface area (Å²) < 4.78 is 18.5. The van der Waals surface area contributed by atoms with E-state index in [1.54, 1.807) is 24.5 Å². The van der Waals surface area contributed by atoms with Crippen molar-refractivity contribution in [2.75, 3.05) is 14.2 Å². The summed E-state index contributed by atoms with van der Waals surface area (Å²) in [5.74, 6) is 0.512. The van der Waals surface area contributed by atoms with E-state index < -0.39 is 0 Å². The maximum absolute atomic E-state index is 13.6. The molecule has 0 unspecified atom stereocenters. The van der Waals surface area contributed by atoms with Crippen molar-refractivity contribution in [3.8, 4) is 5.75 Å². The zero-order valence-electron chi connectivity index (χ0n) is 12.8. The van der Waals surface area contributed by atoms with Crippen molar-refractivity contribution in [3.63, 3.8) is 0 Å². The Labute approximate surface area is 133 Å². The Morgan fingerprint density at radius 1 is 1.36 bits per heavy atom. The van der Waals surface area contributed by atoms with Gasteiger partial charge in [-0.2, -0.15) is 0 Å². The monoisotopic (exact) mass is 322 g/mol. The van der Waals surface area contributed by atoms with Gasteiger partial charge in [-0.3, -0.25) is 4.99 Å². The molecule has 0 aliphatic carbocycles. The first-order valence-corrected chi connectivity index (χ1v) is 7.62. The largest absolute Gasteiger partial charge is 0.494 e. The van der Waals surface area contributed by atoms with E-state index in [1.807, 2.05) is 19.2 Å². The summed E-state index contributed by atoms with van der Waals surface area (Å²) in [5.41, 5.74) is 0.811. The number of halogens is 1. The van der Waals surface area contributed by atoms with Gasteiger partial charge in [0.15, 0.2) is 17.5 Å². The highest BCUT2D eigenvalue weighted by Crippen LogP contribution is 2.17. The van der Waals surface area contributed by atoms with Crippen LogP contribution in [0.4, 0.5) is 4.39 Å². The molecule has 0 radical (unpaired) electrons. The first-order chi connectivity index (χ1) is 10.6. The zero-order chi connectivity index (χ0) is 15.9. The van der Waals surface area contributed by atoms with E-state index >= 15 is 0 Å². The van der Waals surface area contributed by atoms with E-state index in [2.05, 4.69) is 20.6 Å². The molecule has 0 atom stereocenters. The minimum atomic E-state index is -0.372. The lowest BCUT2D eigenvalue weighted by Gasteiger charge is -2.11. The lowest BCUT2D eigenvalue weighted by Crippen LogP contribution is -2.36. The predicted molar refractivity (Wildman–Crippen MR) is 86.8 cm³/mol. The second-order valence-corrected chi connectivity index (χ2v) is 5.93. The second-order valence-electron chi connectivity index (χ2n) is 4.61. The number of methoxy groups -OCH3 is 1. The van der Waals surface area contributed by atoms with Gasteiger partial charge in [0.25, 0.3) is 0 Å². The van der Waals surface area contributed by atoms with Gasteiger partial charge in [0.2, 0.25) is 0 Å². The maximum atomic E-state index is 13.6. The van der Waals surface area contributed by atoms with Crippen molar-refractivity contribution < 1.29 is 9.13 Å². The molecule has 1 aromatic carbocycles. The van der Waals surface area contributed by atoms with Crippen LogP contribution in [0.15, 0.2) is 29.4 Å². The molecule has 0 bridgehead atoms. The van der Waals surface area contributed by atoms with Crippen LogP contribution in [-0.4, -0.2) is 25.1 Å². The minimum Gasteiger partial charge on any atom is -0.494 e. The van der Waals surface area contributed by atoms with Crippen LogP contribution in [-0.2, 0) is 13.1 Å². The summed E-state index contributed by atoms with van der Waals surface area (Å²) in [6, 6.07) is 4.87. The van der Waals surface area contributed by atoms with Gasteiger partial charge in [-0.25, -0.2) is 9.37 Å². The Bertz CT molecular complexity index is 657. The number of guanidine groups is 1. The first kappa shape index (κ1) is 16.2. The molecule has 22 heavy (non-hydrogen) atoms. The number of ether oxygens (including phenoxy) is 1. The van der Waals surface area contributed by atoms with Crippen LogP contribution in [0.1, 0.15) is 15.4 Å². The van der Waals surface area contributed by atoms with Crippen molar-refractivity contribution in [3.05, 3.63) is 45.7 Å². The standard InChI is InChI=1S/C15H19FN4OS/c1-10-7-18-14(22-10)9-20-15(17-2)19-8-11-4-5-13(21-3)12(16)6-11/h4-7H,8-9H2,1-3H3,(H2,17,19,20). The van der Waals surface area contributed by atoms with Crippen molar-refractivity contribution in [1.82, 2.24) is 15.6 Å². The van der Waals surface area contributed by atoms with Gasteiger partial charge < -0.3 is 15.4 Å². The minimum absolute atomic E-state index is 0.241. The number of aryl methyl sites for hydroxylation is 1. The lowest BCUT2D eigenvalue weighted by molar-refractivity contribution is 0.386. The van der Waals surface area contributed by atoms with Crippen molar-refractivity contribution in [2.45, 2.75) is 20.0 Å². The fourth-order valence-electron chi connectivity index (χ4n) is 1.87. The number of nitrogens with one attached hydrogen (secondary N) is 2. The second kappa shape index (κ2) is 7.74. The maximum Gasteiger partial charge on any atom is 0.191 e. The highest BCUT2D eigenvalue weighted by molar-refractivity contribution is 7.11. The van der Waals surface area contributed by atoms with E-state index in [0.29, 0.717) is 19.0 Å².